The lowest BCUT2D eigenvalue weighted by molar-refractivity contribution is -0.111. The first-order valence-corrected chi connectivity index (χ1v) is 12.0. The van der Waals surface area contributed by atoms with Crippen LogP contribution in [0.2, 0.25) is 0 Å². The highest BCUT2D eigenvalue weighted by Crippen LogP contribution is 2.29. The first-order valence-electron chi connectivity index (χ1n) is 12.0. The third kappa shape index (κ3) is 9.69. The molecule has 0 saturated carbocycles. The zero-order chi connectivity index (χ0) is 24.8. The van der Waals surface area contributed by atoms with Crippen LogP contribution in [0.5, 0.6) is 11.5 Å². The molecule has 6 heteroatoms. The van der Waals surface area contributed by atoms with Crippen molar-refractivity contribution in [2.75, 3.05) is 25.6 Å². The Labute approximate surface area is 203 Å². The smallest absolute Gasteiger partial charge is 0.338 e. The molecule has 1 amide bonds. The molecular formula is C28H37NO5. The van der Waals surface area contributed by atoms with E-state index < -0.39 is 0 Å². The zero-order valence-corrected chi connectivity index (χ0v) is 20.8. The van der Waals surface area contributed by atoms with Gasteiger partial charge in [-0.2, -0.15) is 0 Å². The van der Waals surface area contributed by atoms with E-state index in [0.29, 0.717) is 41.9 Å². The van der Waals surface area contributed by atoms with Gasteiger partial charge in [-0.1, -0.05) is 46.1 Å². The van der Waals surface area contributed by atoms with E-state index in [4.69, 9.17) is 14.2 Å². The minimum absolute atomic E-state index is 0.275. The molecule has 0 aromatic heterocycles. The van der Waals surface area contributed by atoms with Gasteiger partial charge in [-0.3, -0.25) is 4.79 Å². The summed E-state index contributed by atoms with van der Waals surface area (Å²) < 4.78 is 16.5. The van der Waals surface area contributed by atoms with Gasteiger partial charge in [-0.05, 0) is 66.8 Å². The number of benzene rings is 2. The number of nitrogens with one attached hydrogen (secondary N) is 1. The summed E-state index contributed by atoms with van der Waals surface area (Å²) in [6, 6.07) is 12.2. The lowest BCUT2D eigenvalue weighted by Gasteiger charge is -2.11. The van der Waals surface area contributed by atoms with E-state index >= 15 is 0 Å². The van der Waals surface area contributed by atoms with Crippen LogP contribution in [0.3, 0.4) is 0 Å². The van der Waals surface area contributed by atoms with Crippen molar-refractivity contribution in [2.24, 2.45) is 5.92 Å². The van der Waals surface area contributed by atoms with Gasteiger partial charge in [0.05, 0.1) is 25.9 Å². The standard InChI is InChI=1S/C28H37NO5/c1-5-6-7-8-18-33-25-15-9-22(20-26(25)32-4)10-16-27(30)29-24-13-11-23(12-14-24)28(31)34-19-17-21(2)3/h9-16,20-21H,5-8,17-19H2,1-4H3,(H,29,30)/b16-10+. The molecule has 34 heavy (non-hydrogen) atoms. The van der Waals surface area contributed by atoms with Gasteiger partial charge in [0.1, 0.15) is 0 Å². The van der Waals surface area contributed by atoms with Gasteiger partial charge in [-0.25, -0.2) is 4.79 Å². The van der Waals surface area contributed by atoms with Gasteiger partial charge in [0.25, 0.3) is 0 Å². The van der Waals surface area contributed by atoms with Crippen LogP contribution in [0.15, 0.2) is 48.5 Å². The predicted octanol–water partition coefficient (Wildman–Crippen LogP) is 6.51. The van der Waals surface area contributed by atoms with Crippen molar-refractivity contribution in [2.45, 2.75) is 52.9 Å². The molecule has 184 valence electrons. The Hall–Kier alpha value is -3.28. The van der Waals surface area contributed by atoms with Crippen LogP contribution in [0.4, 0.5) is 5.69 Å². The van der Waals surface area contributed by atoms with Crippen molar-refractivity contribution in [1.82, 2.24) is 0 Å². The number of unbranched alkanes of at least 4 members (excludes halogenated alkanes) is 3. The second kappa shape index (κ2) is 14.8. The Morgan fingerprint density at radius 2 is 1.74 bits per heavy atom. The van der Waals surface area contributed by atoms with Crippen LogP contribution in [-0.4, -0.2) is 32.2 Å². The highest BCUT2D eigenvalue weighted by molar-refractivity contribution is 6.02. The molecule has 0 unspecified atom stereocenters. The Morgan fingerprint density at radius 3 is 2.41 bits per heavy atom. The highest BCUT2D eigenvalue weighted by Gasteiger charge is 2.08. The second-order valence-electron chi connectivity index (χ2n) is 8.54. The van der Waals surface area contributed by atoms with E-state index in [1.807, 2.05) is 18.2 Å². The molecule has 2 rings (SSSR count). The van der Waals surface area contributed by atoms with Gasteiger partial charge < -0.3 is 19.5 Å². The minimum Gasteiger partial charge on any atom is -0.493 e. The molecule has 6 nitrogen and oxygen atoms in total. The van der Waals surface area contributed by atoms with E-state index in [2.05, 4.69) is 26.1 Å². The Balaban J connectivity index is 1.87. The molecule has 0 saturated heterocycles. The lowest BCUT2D eigenvalue weighted by atomic mass is 10.1. The number of carbonyl (C=O) groups is 2. The average Bonchev–Trinajstić information content (AvgIpc) is 2.83. The molecule has 2 aromatic rings. The molecule has 0 aliphatic heterocycles. The lowest BCUT2D eigenvalue weighted by Crippen LogP contribution is -2.10. The minimum atomic E-state index is -0.360. The largest absolute Gasteiger partial charge is 0.493 e. The number of hydrogen-bond acceptors (Lipinski definition) is 5. The van der Waals surface area contributed by atoms with E-state index in [-0.39, 0.29) is 11.9 Å². The molecule has 0 fully saturated rings. The number of anilines is 1. The quantitative estimate of drug-likeness (QED) is 0.195. The third-order valence-electron chi connectivity index (χ3n) is 5.19. The fourth-order valence-corrected chi connectivity index (χ4v) is 3.13. The fraction of sp³-hybridized carbons (Fsp3) is 0.429. The monoisotopic (exact) mass is 467 g/mol. The maximum Gasteiger partial charge on any atom is 0.338 e. The summed E-state index contributed by atoms with van der Waals surface area (Å²) in [5, 5.41) is 2.79. The number of hydrogen-bond donors (Lipinski definition) is 1. The summed E-state index contributed by atoms with van der Waals surface area (Å²) in [5.41, 5.74) is 1.87. The first kappa shape index (κ1) is 27.0. The van der Waals surface area contributed by atoms with Gasteiger partial charge in [0.2, 0.25) is 5.91 Å². The Morgan fingerprint density at radius 1 is 0.971 bits per heavy atom. The molecule has 0 spiro atoms. The molecule has 0 radical (unpaired) electrons. The summed E-state index contributed by atoms with van der Waals surface area (Å²) >= 11 is 0. The van der Waals surface area contributed by atoms with Crippen LogP contribution >= 0.6 is 0 Å². The summed E-state index contributed by atoms with van der Waals surface area (Å²) in [7, 11) is 1.60. The van der Waals surface area contributed by atoms with Gasteiger partial charge in [0, 0.05) is 11.8 Å². The number of carbonyl (C=O) groups excluding carboxylic acids is 2. The van der Waals surface area contributed by atoms with Crippen molar-refractivity contribution in [3.63, 3.8) is 0 Å². The van der Waals surface area contributed by atoms with Crippen LogP contribution in [0.1, 0.15) is 68.8 Å². The van der Waals surface area contributed by atoms with E-state index in [9.17, 15) is 9.59 Å². The molecule has 0 bridgehead atoms. The first-order chi connectivity index (χ1) is 16.4. The van der Waals surface area contributed by atoms with E-state index in [1.165, 1.54) is 18.9 Å². The maximum atomic E-state index is 12.3. The molecule has 0 aliphatic carbocycles. The molecule has 1 N–H and O–H groups in total. The molecule has 2 aromatic carbocycles. The maximum absolute atomic E-state index is 12.3. The van der Waals surface area contributed by atoms with E-state index in [0.717, 1.165) is 24.8 Å². The van der Waals surface area contributed by atoms with E-state index in [1.54, 1.807) is 37.5 Å². The van der Waals surface area contributed by atoms with Crippen molar-refractivity contribution in [1.29, 1.82) is 0 Å². The van der Waals surface area contributed by atoms with Crippen molar-refractivity contribution < 1.29 is 23.8 Å². The topological polar surface area (TPSA) is 73.9 Å². The normalized spacial score (nSPS) is 11.0. The second-order valence-corrected chi connectivity index (χ2v) is 8.54. The predicted molar refractivity (Wildman–Crippen MR) is 136 cm³/mol. The summed E-state index contributed by atoms with van der Waals surface area (Å²) in [6.45, 7) is 7.39. The number of ether oxygens (including phenoxy) is 3. The van der Waals surface area contributed by atoms with Crippen LogP contribution in [0.25, 0.3) is 6.08 Å². The average molecular weight is 468 g/mol. The van der Waals surface area contributed by atoms with Crippen LogP contribution < -0.4 is 14.8 Å². The van der Waals surface area contributed by atoms with Crippen molar-refractivity contribution >= 4 is 23.6 Å². The summed E-state index contributed by atoms with van der Waals surface area (Å²) in [5.74, 6) is 1.17. The fourth-order valence-electron chi connectivity index (χ4n) is 3.13. The summed E-state index contributed by atoms with van der Waals surface area (Å²) in [4.78, 5) is 24.4. The van der Waals surface area contributed by atoms with Crippen LogP contribution in [-0.2, 0) is 9.53 Å². The van der Waals surface area contributed by atoms with Gasteiger partial charge in [-0.15, -0.1) is 0 Å². The SMILES string of the molecule is CCCCCCOc1ccc(/C=C/C(=O)Nc2ccc(C(=O)OCCC(C)C)cc2)cc1OC. The van der Waals surface area contributed by atoms with Crippen LogP contribution in [0, 0.1) is 5.92 Å². The zero-order valence-electron chi connectivity index (χ0n) is 20.8. The van der Waals surface area contributed by atoms with Crippen molar-refractivity contribution in [3.8, 4) is 11.5 Å². The molecule has 0 heterocycles. The molecule has 0 atom stereocenters. The van der Waals surface area contributed by atoms with Crippen molar-refractivity contribution in [3.05, 3.63) is 59.7 Å². The van der Waals surface area contributed by atoms with Gasteiger partial charge >= 0.3 is 5.97 Å². The third-order valence-corrected chi connectivity index (χ3v) is 5.19. The molecule has 0 aliphatic rings. The Kier molecular flexibility index (Phi) is 11.7. The number of esters is 1. The number of methoxy groups -OCH3 is 1. The number of amides is 1. The molecular weight excluding hydrogens is 430 g/mol. The van der Waals surface area contributed by atoms with Gasteiger partial charge in [0.15, 0.2) is 11.5 Å². The summed E-state index contributed by atoms with van der Waals surface area (Å²) in [6.07, 6.45) is 8.56. The number of rotatable bonds is 14. The highest BCUT2D eigenvalue weighted by atomic mass is 16.5. The Bertz CT molecular complexity index is 934.